The fourth-order valence-electron chi connectivity index (χ4n) is 3.98. The van der Waals surface area contributed by atoms with Gasteiger partial charge < -0.3 is 5.73 Å². The second-order valence-corrected chi connectivity index (χ2v) is 7.15. The van der Waals surface area contributed by atoms with E-state index in [0.29, 0.717) is 6.04 Å². The van der Waals surface area contributed by atoms with Gasteiger partial charge in [-0.3, -0.25) is 0 Å². The topological polar surface area (TPSA) is 26.0 Å². The molecule has 1 aliphatic carbocycles. The van der Waals surface area contributed by atoms with Crippen LogP contribution in [0, 0.1) is 11.8 Å². The summed E-state index contributed by atoms with van der Waals surface area (Å²) in [5.41, 5.74) is 6.22. The van der Waals surface area contributed by atoms with E-state index in [1.165, 1.54) is 89.9 Å². The third-order valence-electron chi connectivity index (χ3n) is 5.28. The van der Waals surface area contributed by atoms with Crippen LogP contribution in [-0.2, 0) is 0 Å². The van der Waals surface area contributed by atoms with E-state index in [2.05, 4.69) is 13.8 Å². The molecule has 1 rings (SSSR count). The molecule has 1 aliphatic rings. The van der Waals surface area contributed by atoms with Crippen LogP contribution in [0.2, 0.25) is 0 Å². The van der Waals surface area contributed by atoms with Gasteiger partial charge in [0.15, 0.2) is 0 Å². The van der Waals surface area contributed by atoms with Crippen LogP contribution in [0.4, 0.5) is 0 Å². The minimum atomic E-state index is 0.502. The first kappa shape index (κ1) is 18.0. The minimum absolute atomic E-state index is 0.502. The summed E-state index contributed by atoms with van der Waals surface area (Å²) in [6, 6.07) is 0.502. The maximum atomic E-state index is 6.22. The standard InChI is InChI=1S/C19H39N/c1-3-5-7-9-12-17(13-10-8-6-4-2)18-14-11-15-19(20)16-18/h17-19H,3-16,20H2,1-2H3/t18?,19-/m0/s1. The SMILES string of the molecule is CCCCCCC(CCCCCC)C1CCC[C@H](N)C1. The van der Waals surface area contributed by atoms with Crippen molar-refractivity contribution in [1.82, 2.24) is 0 Å². The number of unbranched alkanes of at least 4 members (excludes halogenated alkanes) is 6. The van der Waals surface area contributed by atoms with Gasteiger partial charge in [0.1, 0.15) is 0 Å². The van der Waals surface area contributed by atoms with Gasteiger partial charge in [0, 0.05) is 6.04 Å². The fraction of sp³-hybridized carbons (Fsp3) is 1.00. The zero-order valence-corrected chi connectivity index (χ0v) is 14.2. The van der Waals surface area contributed by atoms with E-state index in [-0.39, 0.29) is 0 Å². The zero-order chi connectivity index (χ0) is 14.6. The van der Waals surface area contributed by atoms with Gasteiger partial charge in [-0.1, -0.05) is 90.9 Å². The average molecular weight is 282 g/mol. The summed E-state index contributed by atoms with van der Waals surface area (Å²) in [5, 5.41) is 0. The van der Waals surface area contributed by atoms with Crippen LogP contribution in [0.3, 0.4) is 0 Å². The van der Waals surface area contributed by atoms with Gasteiger partial charge in [0.05, 0.1) is 0 Å². The lowest BCUT2D eigenvalue weighted by atomic mass is 9.74. The Hall–Kier alpha value is -0.0400. The van der Waals surface area contributed by atoms with Gasteiger partial charge in [-0.05, 0) is 24.7 Å². The minimum Gasteiger partial charge on any atom is -0.328 e. The molecule has 1 nitrogen and oxygen atoms in total. The Labute approximate surface area is 128 Å². The third-order valence-corrected chi connectivity index (χ3v) is 5.28. The van der Waals surface area contributed by atoms with Crippen molar-refractivity contribution in [2.24, 2.45) is 17.6 Å². The molecule has 20 heavy (non-hydrogen) atoms. The normalized spacial score (nSPS) is 23.4. The van der Waals surface area contributed by atoms with E-state index in [4.69, 9.17) is 5.73 Å². The van der Waals surface area contributed by atoms with E-state index in [0.717, 1.165) is 11.8 Å². The van der Waals surface area contributed by atoms with Crippen molar-refractivity contribution in [1.29, 1.82) is 0 Å². The van der Waals surface area contributed by atoms with E-state index < -0.39 is 0 Å². The van der Waals surface area contributed by atoms with E-state index in [1.54, 1.807) is 0 Å². The van der Waals surface area contributed by atoms with E-state index in [1.807, 2.05) is 0 Å². The summed E-state index contributed by atoms with van der Waals surface area (Å²) in [7, 11) is 0. The molecule has 2 atom stereocenters. The van der Waals surface area contributed by atoms with Crippen LogP contribution >= 0.6 is 0 Å². The third kappa shape index (κ3) is 7.67. The first-order valence-electron chi connectivity index (χ1n) is 9.53. The van der Waals surface area contributed by atoms with Gasteiger partial charge in [-0.25, -0.2) is 0 Å². The number of rotatable bonds is 11. The smallest absolute Gasteiger partial charge is 0.00415 e. The molecule has 0 bridgehead atoms. The Kier molecular flexibility index (Phi) is 10.4. The molecule has 2 N–H and O–H groups in total. The lowest BCUT2D eigenvalue weighted by molar-refractivity contribution is 0.200. The van der Waals surface area contributed by atoms with Gasteiger partial charge >= 0.3 is 0 Å². The fourth-order valence-corrected chi connectivity index (χ4v) is 3.98. The predicted octanol–water partition coefficient (Wildman–Crippen LogP) is 6.06. The maximum absolute atomic E-state index is 6.22. The molecule has 0 amide bonds. The molecule has 0 saturated heterocycles. The van der Waals surface area contributed by atoms with Crippen LogP contribution < -0.4 is 5.73 Å². The maximum Gasteiger partial charge on any atom is 0.00415 e. The monoisotopic (exact) mass is 281 g/mol. The molecular weight excluding hydrogens is 242 g/mol. The lowest BCUT2D eigenvalue weighted by Gasteiger charge is -2.33. The van der Waals surface area contributed by atoms with Crippen LogP contribution in [0.1, 0.15) is 104 Å². The highest BCUT2D eigenvalue weighted by Crippen LogP contribution is 2.35. The molecule has 0 aromatic rings. The van der Waals surface area contributed by atoms with Gasteiger partial charge in [-0.15, -0.1) is 0 Å². The summed E-state index contributed by atoms with van der Waals surface area (Å²) in [6.07, 6.45) is 19.7. The molecule has 120 valence electrons. The van der Waals surface area contributed by atoms with Crippen molar-refractivity contribution in [2.75, 3.05) is 0 Å². The summed E-state index contributed by atoms with van der Waals surface area (Å²) < 4.78 is 0. The molecule has 1 saturated carbocycles. The van der Waals surface area contributed by atoms with Crippen molar-refractivity contribution >= 4 is 0 Å². The van der Waals surface area contributed by atoms with Crippen molar-refractivity contribution in [2.45, 2.75) is 110 Å². The molecule has 0 radical (unpaired) electrons. The Morgan fingerprint density at radius 2 is 1.45 bits per heavy atom. The van der Waals surface area contributed by atoms with Crippen LogP contribution in [0.25, 0.3) is 0 Å². The van der Waals surface area contributed by atoms with Crippen LogP contribution in [0.5, 0.6) is 0 Å². The Morgan fingerprint density at radius 1 is 0.850 bits per heavy atom. The average Bonchev–Trinajstić information content (AvgIpc) is 2.45. The summed E-state index contributed by atoms with van der Waals surface area (Å²) in [5.74, 6) is 1.93. The van der Waals surface area contributed by atoms with Crippen LogP contribution in [-0.4, -0.2) is 6.04 Å². The first-order chi connectivity index (χ1) is 9.77. The number of hydrogen-bond donors (Lipinski definition) is 1. The van der Waals surface area contributed by atoms with Gasteiger partial charge in [-0.2, -0.15) is 0 Å². The molecule has 1 fully saturated rings. The van der Waals surface area contributed by atoms with E-state index in [9.17, 15) is 0 Å². The molecule has 0 aromatic carbocycles. The van der Waals surface area contributed by atoms with Crippen molar-refractivity contribution < 1.29 is 0 Å². The lowest BCUT2D eigenvalue weighted by Crippen LogP contribution is -2.31. The van der Waals surface area contributed by atoms with Crippen molar-refractivity contribution in [3.05, 3.63) is 0 Å². The molecule has 0 heterocycles. The second kappa shape index (κ2) is 11.6. The highest BCUT2D eigenvalue weighted by atomic mass is 14.6. The first-order valence-corrected chi connectivity index (χ1v) is 9.53. The number of hydrogen-bond acceptors (Lipinski definition) is 1. The molecule has 0 spiro atoms. The Morgan fingerprint density at radius 3 is 1.95 bits per heavy atom. The molecule has 1 unspecified atom stereocenters. The molecule has 0 aromatic heterocycles. The summed E-state index contributed by atoms with van der Waals surface area (Å²) in [4.78, 5) is 0. The summed E-state index contributed by atoms with van der Waals surface area (Å²) in [6.45, 7) is 4.62. The van der Waals surface area contributed by atoms with Gasteiger partial charge in [0.2, 0.25) is 0 Å². The number of nitrogens with two attached hydrogens (primary N) is 1. The van der Waals surface area contributed by atoms with Crippen LogP contribution in [0.15, 0.2) is 0 Å². The quantitative estimate of drug-likeness (QED) is 0.458. The zero-order valence-electron chi connectivity index (χ0n) is 14.2. The van der Waals surface area contributed by atoms with E-state index >= 15 is 0 Å². The Bertz CT molecular complexity index is 202. The second-order valence-electron chi connectivity index (χ2n) is 7.15. The highest BCUT2D eigenvalue weighted by molar-refractivity contribution is 4.80. The molecule has 0 aliphatic heterocycles. The summed E-state index contributed by atoms with van der Waals surface area (Å²) >= 11 is 0. The van der Waals surface area contributed by atoms with Crippen molar-refractivity contribution in [3.8, 4) is 0 Å². The predicted molar refractivity (Wildman–Crippen MR) is 90.9 cm³/mol. The highest BCUT2D eigenvalue weighted by Gasteiger charge is 2.26. The Balaban J connectivity index is 2.32. The molecule has 1 heteroatoms. The molecular formula is C19H39N. The van der Waals surface area contributed by atoms with Crippen molar-refractivity contribution in [3.63, 3.8) is 0 Å². The van der Waals surface area contributed by atoms with Gasteiger partial charge in [0.25, 0.3) is 0 Å². The largest absolute Gasteiger partial charge is 0.328 e.